The van der Waals surface area contributed by atoms with Crippen molar-refractivity contribution in [1.82, 2.24) is 10.4 Å². The summed E-state index contributed by atoms with van der Waals surface area (Å²) < 4.78 is 5.26. The second-order valence-electron chi connectivity index (χ2n) is 7.57. The van der Waals surface area contributed by atoms with Crippen LogP contribution >= 0.6 is 0 Å². The Kier molecular flexibility index (Phi) is 6.82. The Morgan fingerprint density at radius 3 is 2.45 bits per heavy atom. The van der Waals surface area contributed by atoms with Crippen LogP contribution in [0.25, 0.3) is 0 Å². The molecule has 0 saturated heterocycles. The first kappa shape index (κ1) is 22.2. The lowest BCUT2D eigenvalue weighted by Gasteiger charge is -2.35. The van der Waals surface area contributed by atoms with Crippen molar-refractivity contribution in [3.05, 3.63) is 58.7 Å². The summed E-state index contributed by atoms with van der Waals surface area (Å²) in [5.41, 5.74) is 3.90. The Morgan fingerprint density at radius 2 is 1.90 bits per heavy atom. The number of benzene rings is 2. The van der Waals surface area contributed by atoms with Crippen molar-refractivity contribution in [2.45, 2.75) is 33.2 Å². The van der Waals surface area contributed by atoms with Crippen molar-refractivity contribution in [2.75, 3.05) is 7.11 Å². The molecule has 0 aliphatic rings. The fourth-order valence-electron chi connectivity index (χ4n) is 2.89. The summed E-state index contributed by atoms with van der Waals surface area (Å²) in [5.74, 6) is -0.335. The SMILES string of the molecule is COc1cccc(C(=O)NN(C(=O)c2ccc(C=O)c(BO)c2)C(C)(C)C)c1C. The highest BCUT2D eigenvalue weighted by atomic mass is 16.5. The van der Waals surface area contributed by atoms with Crippen LogP contribution in [0.15, 0.2) is 36.4 Å². The molecule has 2 aromatic rings. The number of methoxy groups -OCH3 is 1. The number of nitrogens with zero attached hydrogens (tertiary/aromatic N) is 1. The van der Waals surface area contributed by atoms with E-state index in [4.69, 9.17) is 4.74 Å². The van der Waals surface area contributed by atoms with E-state index in [2.05, 4.69) is 5.43 Å². The molecule has 7 nitrogen and oxygen atoms in total. The normalized spacial score (nSPS) is 10.8. The lowest BCUT2D eigenvalue weighted by atomic mass is 9.83. The molecule has 0 spiro atoms. The van der Waals surface area contributed by atoms with Gasteiger partial charge in [0.1, 0.15) is 12.0 Å². The van der Waals surface area contributed by atoms with Crippen LogP contribution in [0.4, 0.5) is 0 Å². The maximum atomic E-state index is 13.2. The molecule has 152 valence electrons. The van der Waals surface area contributed by atoms with E-state index in [1.807, 2.05) is 0 Å². The van der Waals surface area contributed by atoms with E-state index in [0.717, 1.165) is 0 Å². The molecule has 2 amide bonds. The van der Waals surface area contributed by atoms with Crippen molar-refractivity contribution in [2.24, 2.45) is 0 Å². The summed E-state index contributed by atoms with van der Waals surface area (Å²) in [6, 6.07) is 9.53. The first-order valence-corrected chi connectivity index (χ1v) is 9.12. The van der Waals surface area contributed by atoms with E-state index in [-0.39, 0.29) is 13.0 Å². The number of amides is 2. The third kappa shape index (κ3) is 4.84. The highest BCUT2D eigenvalue weighted by molar-refractivity contribution is 6.47. The average Bonchev–Trinajstić information content (AvgIpc) is 2.70. The van der Waals surface area contributed by atoms with Gasteiger partial charge in [0.05, 0.1) is 12.6 Å². The van der Waals surface area contributed by atoms with Crippen molar-refractivity contribution in [1.29, 1.82) is 0 Å². The number of aldehydes is 1. The molecule has 0 aromatic heterocycles. The zero-order valence-electron chi connectivity index (χ0n) is 17.3. The number of hydrogen-bond acceptors (Lipinski definition) is 5. The van der Waals surface area contributed by atoms with Gasteiger partial charge >= 0.3 is 7.48 Å². The zero-order valence-corrected chi connectivity index (χ0v) is 17.3. The number of ether oxygens (including phenoxy) is 1. The van der Waals surface area contributed by atoms with E-state index >= 15 is 0 Å². The summed E-state index contributed by atoms with van der Waals surface area (Å²) in [4.78, 5) is 37.1. The Balaban J connectivity index is 2.39. The molecule has 0 radical (unpaired) electrons. The first-order chi connectivity index (χ1) is 13.6. The molecule has 0 aliphatic heterocycles. The van der Waals surface area contributed by atoms with Crippen LogP contribution in [0.2, 0.25) is 0 Å². The Labute approximate surface area is 170 Å². The van der Waals surface area contributed by atoms with Gasteiger partial charge in [-0.2, -0.15) is 0 Å². The number of hydrogen-bond donors (Lipinski definition) is 2. The molecule has 0 unspecified atom stereocenters. The predicted octanol–water partition coefficient (Wildman–Crippen LogP) is 1.37. The Hall–Kier alpha value is -3.13. The van der Waals surface area contributed by atoms with Gasteiger partial charge in [-0.25, -0.2) is 5.01 Å². The zero-order chi connectivity index (χ0) is 21.8. The highest BCUT2D eigenvalue weighted by Crippen LogP contribution is 2.22. The second kappa shape index (κ2) is 8.92. The van der Waals surface area contributed by atoms with Crippen LogP contribution in [-0.2, 0) is 0 Å². The second-order valence-corrected chi connectivity index (χ2v) is 7.57. The van der Waals surface area contributed by atoms with Crippen LogP contribution in [0.1, 0.15) is 57.4 Å². The molecule has 0 heterocycles. The van der Waals surface area contributed by atoms with Crippen LogP contribution in [0.5, 0.6) is 5.75 Å². The van der Waals surface area contributed by atoms with E-state index in [1.165, 1.54) is 30.3 Å². The summed E-state index contributed by atoms with van der Waals surface area (Å²) >= 11 is 0. The fourth-order valence-corrected chi connectivity index (χ4v) is 2.89. The monoisotopic (exact) mass is 396 g/mol. The van der Waals surface area contributed by atoms with Gasteiger partial charge in [0, 0.05) is 22.3 Å². The van der Waals surface area contributed by atoms with E-state index in [0.29, 0.717) is 34.2 Å². The minimum absolute atomic E-state index is 0.247. The molecular formula is C21H25BN2O5. The minimum atomic E-state index is -0.734. The topological polar surface area (TPSA) is 95.9 Å². The van der Waals surface area contributed by atoms with Gasteiger partial charge in [0.25, 0.3) is 11.8 Å². The largest absolute Gasteiger partial charge is 0.496 e. The molecule has 0 aliphatic carbocycles. The van der Waals surface area contributed by atoms with Gasteiger partial charge in [0.2, 0.25) is 0 Å². The predicted molar refractivity (Wildman–Crippen MR) is 112 cm³/mol. The number of carbonyl (C=O) groups is 3. The molecule has 2 rings (SSSR count). The lowest BCUT2D eigenvalue weighted by molar-refractivity contribution is 0.0358. The van der Waals surface area contributed by atoms with Gasteiger partial charge < -0.3 is 9.76 Å². The average molecular weight is 396 g/mol. The summed E-state index contributed by atoms with van der Waals surface area (Å²) in [5, 5.41) is 10.7. The Bertz CT molecular complexity index is 937. The highest BCUT2D eigenvalue weighted by Gasteiger charge is 2.30. The first-order valence-electron chi connectivity index (χ1n) is 9.12. The maximum absolute atomic E-state index is 13.2. The summed E-state index contributed by atoms with van der Waals surface area (Å²) in [6.45, 7) is 7.13. The number of hydrazine groups is 1. The number of nitrogens with one attached hydrogen (secondary N) is 1. The fraction of sp³-hybridized carbons (Fsp3) is 0.286. The molecule has 8 heteroatoms. The molecule has 2 aromatic carbocycles. The summed E-state index contributed by atoms with van der Waals surface area (Å²) in [7, 11) is 1.15. The van der Waals surface area contributed by atoms with Crippen LogP contribution < -0.4 is 15.6 Å². The van der Waals surface area contributed by atoms with Crippen LogP contribution in [0.3, 0.4) is 0 Å². The molecular weight excluding hydrogens is 371 g/mol. The Morgan fingerprint density at radius 1 is 1.21 bits per heavy atom. The van der Waals surface area contributed by atoms with Crippen LogP contribution in [0, 0.1) is 6.92 Å². The van der Waals surface area contributed by atoms with Crippen molar-refractivity contribution < 1.29 is 24.1 Å². The van der Waals surface area contributed by atoms with E-state index in [1.54, 1.807) is 45.9 Å². The van der Waals surface area contributed by atoms with Gasteiger partial charge in [0.15, 0.2) is 0 Å². The third-order valence-electron chi connectivity index (χ3n) is 4.52. The van der Waals surface area contributed by atoms with Gasteiger partial charge in [-0.05, 0) is 51.4 Å². The molecule has 2 N–H and O–H groups in total. The maximum Gasteiger partial charge on any atom is 0.305 e. The van der Waals surface area contributed by atoms with Crippen molar-refractivity contribution in [3.63, 3.8) is 0 Å². The van der Waals surface area contributed by atoms with Gasteiger partial charge in [-0.1, -0.05) is 18.2 Å². The minimum Gasteiger partial charge on any atom is -0.496 e. The molecule has 0 saturated carbocycles. The number of rotatable bonds is 5. The molecule has 0 bridgehead atoms. The van der Waals surface area contributed by atoms with E-state index < -0.39 is 17.4 Å². The van der Waals surface area contributed by atoms with Gasteiger partial charge in [-0.15, -0.1) is 0 Å². The number of carbonyl (C=O) groups excluding carboxylic acids is 3. The quantitative estimate of drug-likeness (QED) is 0.452. The van der Waals surface area contributed by atoms with Gasteiger partial charge in [-0.3, -0.25) is 19.8 Å². The van der Waals surface area contributed by atoms with E-state index in [9.17, 15) is 19.4 Å². The van der Waals surface area contributed by atoms with Crippen molar-refractivity contribution in [3.8, 4) is 5.75 Å². The molecule has 29 heavy (non-hydrogen) atoms. The smallest absolute Gasteiger partial charge is 0.305 e. The summed E-state index contributed by atoms with van der Waals surface area (Å²) in [6.07, 6.45) is 0.620. The van der Waals surface area contributed by atoms with Crippen molar-refractivity contribution >= 4 is 31.0 Å². The molecule has 0 fully saturated rings. The standard InChI is InChI=1S/C21H25BN2O5/c1-13-16(7-6-8-18(13)29-5)19(26)23-24(21(2,3)4)20(27)14-9-10-15(12-25)17(11-14)22-28/h6-12,22,28H,1-5H3,(H,23,26). The third-order valence-corrected chi connectivity index (χ3v) is 4.52. The van der Waals surface area contributed by atoms with Crippen LogP contribution in [-0.4, -0.2) is 48.3 Å². The molecule has 0 atom stereocenters. The lowest BCUT2D eigenvalue weighted by Crippen LogP contribution is -2.56.